The Morgan fingerprint density at radius 1 is 1.52 bits per heavy atom. The van der Waals surface area contributed by atoms with Gasteiger partial charge in [-0.25, -0.2) is 4.98 Å². The highest BCUT2D eigenvalue weighted by Crippen LogP contribution is 2.26. The predicted octanol–water partition coefficient (Wildman–Crippen LogP) is 2.93. The number of carboxylic acid groups (broad SMARTS) is 1. The fraction of sp³-hybridized carbons (Fsp3) is 0.429. The van der Waals surface area contributed by atoms with Crippen molar-refractivity contribution < 1.29 is 9.90 Å². The molecule has 1 N–H and O–H groups in total. The maximum absolute atomic E-state index is 10.8. The predicted molar refractivity (Wildman–Crippen MR) is 89.0 cm³/mol. The third-order valence-electron chi connectivity index (χ3n) is 3.25. The average molecular weight is 372 g/mol. The Morgan fingerprint density at radius 2 is 2.29 bits per heavy atom. The van der Waals surface area contributed by atoms with Crippen LogP contribution in [0.25, 0.3) is 11.0 Å². The van der Waals surface area contributed by atoms with E-state index in [1.807, 2.05) is 18.2 Å². The van der Waals surface area contributed by atoms with Crippen molar-refractivity contribution in [2.24, 2.45) is 0 Å². The summed E-state index contributed by atoms with van der Waals surface area (Å²) < 4.78 is 3.09. The summed E-state index contributed by atoms with van der Waals surface area (Å²) in [6.07, 6.45) is 0. The SMILES string of the molecule is CCN(C)CCn1c(SCC(=O)O)nc2ccc(Br)cc21. The van der Waals surface area contributed by atoms with Crippen LogP contribution >= 0.6 is 27.7 Å². The lowest BCUT2D eigenvalue weighted by atomic mass is 10.3. The molecule has 0 unspecified atom stereocenters. The van der Waals surface area contributed by atoms with Crippen molar-refractivity contribution in [1.29, 1.82) is 0 Å². The van der Waals surface area contributed by atoms with Crippen LogP contribution in [0.2, 0.25) is 0 Å². The highest BCUT2D eigenvalue weighted by molar-refractivity contribution is 9.10. The van der Waals surface area contributed by atoms with E-state index in [9.17, 15) is 4.79 Å². The molecular formula is C14H18BrN3O2S. The summed E-state index contributed by atoms with van der Waals surface area (Å²) in [6, 6.07) is 5.92. The fourth-order valence-corrected chi connectivity index (χ4v) is 3.07. The molecule has 2 rings (SSSR count). The van der Waals surface area contributed by atoms with Crippen molar-refractivity contribution in [3.8, 4) is 0 Å². The van der Waals surface area contributed by atoms with E-state index in [-0.39, 0.29) is 5.75 Å². The summed E-state index contributed by atoms with van der Waals surface area (Å²) in [5.41, 5.74) is 1.92. The van der Waals surface area contributed by atoms with Gasteiger partial charge in [-0.1, -0.05) is 34.6 Å². The number of halogens is 1. The summed E-state index contributed by atoms with van der Waals surface area (Å²) in [4.78, 5) is 17.6. The van der Waals surface area contributed by atoms with Gasteiger partial charge in [0.05, 0.1) is 16.8 Å². The molecule has 0 radical (unpaired) electrons. The first-order valence-corrected chi connectivity index (χ1v) is 8.48. The zero-order chi connectivity index (χ0) is 15.4. The van der Waals surface area contributed by atoms with Crippen LogP contribution in [0, 0.1) is 0 Å². The lowest BCUT2D eigenvalue weighted by Gasteiger charge is -2.15. The second kappa shape index (κ2) is 7.29. The van der Waals surface area contributed by atoms with Gasteiger partial charge in [-0.15, -0.1) is 0 Å². The zero-order valence-corrected chi connectivity index (χ0v) is 14.4. The molecule has 2 aromatic rings. The molecular weight excluding hydrogens is 354 g/mol. The Hall–Kier alpha value is -1.05. The van der Waals surface area contributed by atoms with Gasteiger partial charge in [-0.2, -0.15) is 0 Å². The van der Waals surface area contributed by atoms with Crippen LogP contribution in [0.4, 0.5) is 0 Å². The Morgan fingerprint density at radius 3 is 2.95 bits per heavy atom. The first kappa shape index (κ1) is 16.3. The van der Waals surface area contributed by atoms with Gasteiger partial charge in [-0.3, -0.25) is 4.79 Å². The smallest absolute Gasteiger partial charge is 0.313 e. The zero-order valence-electron chi connectivity index (χ0n) is 12.0. The number of carbonyl (C=O) groups is 1. The van der Waals surface area contributed by atoms with E-state index in [1.165, 1.54) is 11.8 Å². The number of nitrogens with zero attached hydrogens (tertiary/aromatic N) is 3. The van der Waals surface area contributed by atoms with Gasteiger partial charge in [0.1, 0.15) is 0 Å². The summed E-state index contributed by atoms with van der Waals surface area (Å²) in [5, 5.41) is 9.63. The van der Waals surface area contributed by atoms with E-state index < -0.39 is 5.97 Å². The van der Waals surface area contributed by atoms with Crippen LogP contribution in [-0.4, -0.2) is 51.4 Å². The van der Waals surface area contributed by atoms with Crippen LogP contribution in [-0.2, 0) is 11.3 Å². The number of aliphatic carboxylic acids is 1. The highest BCUT2D eigenvalue weighted by Gasteiger charge is 2.13. The topological polar surface area (TPSA) is 58.4 Å². The molecule has 5 nitrogen and oxygen atoms in total. The van der Waals surface area contributed by atoms with Gasteiger partial charge in [-0.05, 0) is 31.8 Å². The minimum Gasteiger partial charge on any atom is -0.481 e. The van der Waals surface area contributed by atoms with Gasteiger partial charge in [0, 0.05) is 17.6 Å². The average Bonchev–Trinajstić information content (AvgIpc) is 2.79. The van der Waals surface area contributed by atoms with Gasteiger partial charge in [0.15, 0.2) is 5.16 Å². The summed E-state index contributed by atoms with van der Waals surface area (Å²) in [5.74, 6) is -0.806. The van der Waals surface area contributed by atoms with Crippen molar-refractivity contribution in [1.82, 2.24) is 14.5 Å². The van der Waals surface area contributed by atoms with Crippen molar-refractivity contribution >= 4 is 44.7 Å². The van der Waals surface area contributed by atoms with Crippen LogP contribution in [0.1, 0.15) is 6.92 Å². The summed E-state index contributed by atoms with van der Waals surface area (Å²) in [7, 11) is 2.07. The molecule has 0 aliphatic heterocycles. The van der Waals surface area contributed by atoms with Crippen LogP contribution < -0.4 is 0 Å². The van der Waals surface area contributed by atoms with Crippen molar-refractivity contribution in [2.75, 3.05) is 25.9 Å². The van der Waals surface area contributed by atoms with E-state index in [1.54, 1.807) is 0 Å². The van der Waals surface area contributed by atoms with E-state index in [0.717, 1.165) is 40.3 Å². The van der Waals surface area contributed by atoms with E-state index >= 15 is 0 Å². The third-order valence-corrected chi connectivity index (χ3v) is 4.70. The lowest BCUT2D eigenvalue weighted by Crippen LogP contribution is -2.23. The molecule has 0 saturated carbocycles. The number of fused-ring (bicyclic) bond motifs is 1. The van der Waals surface area contributed by atoms with E-state index in [4.69, 9.17) is 5.11 Å². The molecule has 21 heavy (non-hydrogen) atoms. The van der Waals surface area contributed by atoms with Gasteiger partial charge < -0.3 is 14.6 Å². The molecule has 0 aliphatic rings. The number of carboxylic acids is 1. The van der Waals surface area contributed by atoms with E-state index in [0.29, 0.717) is 0 Å². The lowest BCUT2D eigenvalue weighted by molar-refractivity contribution is -0.133. The fourth-order valence-electron chi connectivity index (χ4n) is 1.96. The first-order valence-electron chi connectivity index (χ1n) is 6.70. The quantitative estimate of drug-likeness (QED) is 0.758. The minimum absolute atomic E-state index is 0.0219. The van der Waals surface area contributed by atoms with Crippen LogP contribution in [0.15, 0.2) is 27.8 Å². The number of aromatic nitrogens is 2. The highest BCUT2D eigenvalue weighted by atomic mass is 79.9. The number of hydrogen-bond donors (Lipinski definition) is 1. The number of hydrogen-bond acceptors (Lipinski definition) is 4. The molecule has 0 atom stereocenters. The molecule has 1 aromatic carbocycles. The minimum atomic E-state index is -0.828. The second-order valence-electron chi connectivity index (χ2n) is 4.76. The third kappa shape index (κ3) is 4.21. The molecule has 7 heteroatoms. The number of benzene rings is 1. The first-order chi connectivity index (χ1) is 10.0. The summed E-state index contributed by atoms with van der Waals surface area (Å²) >= 11 is 4.74. The molecule has 0 bridgehead atoms. The Bertz CT molecular complexity index is 644. The van der Waals surface area contributed by atoms with Crippen molar-refractivity contribution in [3.63, 3.8) is 0 Å². The molecule has 0 fully saturated rings. The number of thioether (sulfide) groups is 1. The summed E-state index contributed by atoms with van der Waals surface area (Å²) in [6.45, 7) is 4.78. The maximum Gasteiger partial charge on any atom is 0.313 e. The standard InChI is InChI=1S/C14H18BrN3O2S/c1-3-17(2)6-7-18-12-8-10(15)4-5-11(12)16-14(18)21-9-13(19)20/h4-5,8H,3,6-7,9H2,1-2H3,(H,19,20). The number of imidazole rings is 1. The Kier molecular flexibility index (Phi) is 5.66. The van der Waals surface area contributed by atoms with Gasteiger partial charge >= 0.3 is 5.97 Å². The molecule has 0 saturated heterocycles. The Labute approximate surface area is 136 Å². The number of likely N-dealkylation sites (N-methyl/N-ethyl adjacent to an activating group) is 1. The molecule has 0 spiro atoms. The van der Waals surface area contributed by atoms with Crippen LogP contribution in [0.5, 0.6) is 0 Å². The van der Waals surface area contributed by atoms with Crippen molar-refractivity contribution in [3.05, 3.63) is 22.7 Å². The number of rotatable bonds is 7. The molecule has 0 amide bonds. The van der Waals surface area contributed by atoms with E-state index in [2.05, 4.69) is 44.4 Å². The normalized spacial score (nSPS) is 11.4. The second-order valence-corrected chi connectivity index (χ2v) is 6.62. The molecule has 1 aromatic heterocycles. The molecule has 1 heterocycles. The maximum atomic E-state index is 10.8. The van der Waals surface area contributed by atoms with Gasteiger partial charge in [0.2, 0.25) is 0 Å². The monoisotopic (exact) mass is 371 g/mol. The molecule has 114 valence electrons. The van der Waals surface area contributed by atoms with Crippen molar-refractivity contribution in [2.45, 2.75) is 18.6 Å². The largest absolute Gasteiger partial charge is 0.481 e. The van der Waals surface area contributed by atoms with Crippen LogP contribution in [0.3, 0.4) is 0 Å². The Balaban J connectivity index is 2.33. The molecule has 0 aliphatic carbocycles. The van der Waals surface area contributed by atoms with Gasteiger partial charge in [0.25, 0.3) is 0 Å².